The molecule has 2 fully saturated rings. The number of nitrogens with zero attached hydrogens (tertiary/aromatic N) is 3. The van der Waals surface area contributed by atoms with Gasteiger partial charge in [0.05, 0.1) is 26.3 Å². The number of allylic oxidation sites excluding steroid dienone is 1. The van der Waals surface area contributed by atoms with E-state index in [9.17, 15) is 9.59 Å². The lowest BCUT2D eigenvalue weighted by atomic mass is 9.82. The Labute approximate surface area is 222 Å². The summed E-state index contributed by atoms with van der Waals surface area (Å²) in [6.45, 7) is 6.33. The van der Waals surface area contributed by atoms with Crippen molar-refractivity contribution in [3.63, 3.8) is 0 Å². The molecule has 0 aliphatic carbocycles. The zero-order valence-electron chi connectivity index (χ0n) is 22.3. The lowest BCUT2D eigenvalue weighted by Gasteiger charge is -2.44. The lowest BCUT2D eigenvalue weighted by Crippen LogP contribution is -2.54. The first-order valence-electron chi connectivity index (χ1n) is 13.2. The van der Waals surface area contributed by atoms with Crippen molar-refractivity contribution in [2.45, 2.75) is 44.7 Å². The highest BCUT2D eigenvalue weighted by molar-refractivity contribution is 5.96. The summed E-state index contributed by atoms with van der Waals surface area (Å²) in [6, 6.07) is 13.4. The molecular formula is C30H33N3O5. The van der Waals surface area contributed by atoms with E-state index in [4.69, 9.17) is 13.9 Å². The van der Waals surface area contributed by atoms with Gasteiger partial charge in [-0.1, -0.05) is 31.2 Å². The molecule has 3 amide bonds. The Kier molecular flexibility index (Phi) is 5.85. The number of hydrogen-bond acceptors (Lipinski definition) is 5. The number of piperidine rings is 1. The van der Waals surface area contributed by atoms with Crippen LogP contribution >= 0.6 is 0 Å². The Morgan fingerprint density at radius 2 is 1.87 bits per heavy atom. The Hall–Kier alpha value is -3.94. The number of para-hydroxylation sites is 1. The highest BCUT2D eigenvalue weighted by Crippen LogP contribution is 2.49. The van der Waals surface area contributed by atoms with Crippen LogP contribution in [0.4, 0.5) is 4.79 Å². The molecule has 8 nitrogen and oxygen atoms in total. The van der Waals surface area contributed by atoms with E-state index in [-0.39, 0.29) is 17.9 Å². The number of likely N-dealkylation sites (N-methyl/N-ethyl adjacent to an activating group) is 1. The first kappa shape index (κ1) is 24.4. The van der Waals surface area contributed by atoms with Gasteiger partial charge in [0.15, 0.2) is 5.76 Å². The molecule has 3 aromatic rings. The smallest absolute Gasteiger partial charge is 0.325 e. The molecule has 4 heterocycles. The summed E-state index contributed by atoms with van der Waals surface area (Å²) in [5, 5.41) is 0.919. The van der Waals surface area contributed by atoms with Crippen molar-refractivity contribution in [3.05, 3.63) is 71.1 Å². The molecule has 0 saturated carbocycles. The van der Waals surface area contributed by atoms with Crippen molar-refractivity contribution in [2.75, 3.05) is 33.9 Å². The van der Waals surface area contributed by atoms with Crippen LogP contribution in [-0.4, -0.2) is 66.0 Å². The standard InChI is InChI=1S/C30H33N3O5/c1-5-33-29(35)32-18-21-15-22(36-3)17-24(37-4)27(21)19(2)14-26(32)30(33)10-12-31(13-11-30)28(34)25-16-20-8-6-7-9-23(20)38-25/h6-9,14-17,19H,5,10-13,18H2,1-4H3/t19-/m0/s1. The average Bonchev–Trinajstić information content (AvgIpc) is 3.40. The Bertz CT molecular complexity index is 1420. The van der Waals surface area contributed by atoms with Crippen molar-refractivity contribution < 1.29 is 23.5 Å². The highest BCUT2D eigenvalue weighted by Gasteiger charge is 2.55. The molecule has 8 heteroatoms. The third-order valence-corrected chi connectivity index (χ3v) is 8.42. The van der Waals surface area contributed by atoms with Crippen LogP contribution in [-0.2, 0) is 6.54 Å². The van der Waals surface area contributed by atoms with Crippen molar-refractivity contribution in [1.82, 2.24) is 14.7 Å². The number of furan rings is 1. The largest absolute Gasteiger partial charge is 0.497 e. The van der Waals surface area contributed by atoms with E-state index in [0.29, 0.717) is 56.1 Å². The summed E-state index contributed by atoms with van der Waals surface area (Å²) >= 11 is 0. The van der Waals surface area contributed by atoms with Crippen molar-refractivity contribution in [3.8, 4) is 11.5 Å². The van der Waals surface area contributed by atoms with E-state index in [1.807, 2.05) is 64.1 Å². The highest BCUT2D eigenvalue weighted by atomic mass is 16.5. The van der Waals surface area contributed by atoms with E-state index in [0.717, 1.165) is 28.0 Å². The van der Waals surface area contributed by atoms with Crippen LogP contribution in [0.1, 0.15) is 54.3 Å². The minimum atomic E-state index is -0.454. The van der Waals surface area contributed by atoms with Crippen LogP contribution < -0.4 is 9.47 Å². The van der Waals surface area contributed by atoms with Crippen LogP contribution in [0.15, 0.2) is 58.7 Å². The van der Waals surface area contributed by atoms with E-state index < -0.39 is 5.54 Å². The minimum absolute atomic E-state index is 0.0117. The fourth-order valence-corrected chi connectivity index (χ4v) is 6.59. The molecule has 1 aromatic heterocycles. The Balaban J connectivity index is 1.32. The third-order valence-electron chi connectivity index (χ3n) is 8.42. The number of carbonyl (C=O) groups is 2. The topological polar surface area (TPSA) is 75.5 Å². The molecule has 198 valence electrons. The second-order valence-corrected chi connectivity index (χ2v) is 10.3. The molecule has 1 atom stereocenters. The normalized spacial score (nSPS) is 20.3. The zero-order valence-corrected chi connectivity index (χ0v) is 22.3. The predicted molar refractivity (Wildman–Crippen MR) is 143 cm³/mol. The number of fused-ring (bicyclic) bond motifs is 4. The zero-order chi connectivity index (χ0) is 26.6. The number of rotatable bonds is 4. The van der Waals surface area contributed by atoms with Gasteiger partial charge < -0.3 is 23.7 Å². The number of benzene rings is 2. The number of ether oxygens (including phenoxy) is 2. The second-order valence-electron chi connectivity index (χ2n) is 10.3. The van der Waals surface area contributed by atoms with E-state index in [1.54, 1.807) is 14.2 Å². The molecule has 0 unspecified atom stereocenters. The van der Waals surface area contributed by atoms with Gasteiger partial charge >= 0.3 is 6.03 Å². The van der Waals surface area contributed by atoms with E-state index >= 15 is 0 Å². The molecule has 0 N–H and O–H groups in total. The van der Waals surface area contributed by atoms with Crippen molar-refractivity contribution in [1.29, 1.82) is 0 Å². The van der Waals surface area contributed by atoms with Crippen LogP contribution in [0.5, 0.6) is 11.5 Å². The van der Waals surface area contributed by atoms with Crippen LogP contribution in [0.3, 0.4) is 0 Å². The third kappa shape index (κ3) is 3.57. The molecule has 2 saturated heterocycles. The number of amides is 3. The summed E-state index contributed by atoms with van der Waals surface area (Å²) in [6.07, 6.45) is 3.57. The maximum absolute atomic E-state index is 13.8. The quantitative estimate of drug-likeness (QED) is 0.466. The molecule has 1 spiro atoms. The minimum Gasteiger partial charge on any atom is -0.497 e. The summed E-state index contributed by atoms with van der Waals surface area (Å²) in [4.78, 5) is 32.9. The molecule has 2 aromatic carbocycles. The fourth-order valence-electron chi connectivity index (χ4n) is 6.59. The Morgan fingerprint density at radius 1 is 1.11 bits per heavy atom. The van der Waals surface area contributed by atoms with Gasteiger partial charge in [0.25, 0.3) is 5.91 Å². The summed E-state index contributed by atoms with van der Waals surface area (Å²) in [5.74, 6) is 1.78. The van der Waals surface area contributed by atoms with Gasteiger partial charge in [-0.25, -0.2) is 4.79 Å². The SMILES string of the molecule is CCN1C(=O)N2Cc3cc(OC)cc(OC)c3[C@@H](C)C=C2C12CCN(C(=O)c1cc3ccccc3o1)CC2. The summed E-state index contributed by atoms with van der Waals surface area (Å²) in [5.41, 5.74) is 3.40. The van der Waals surface area contributed by atoms with Gasteiger partial charge in [0.2, 0.25) is 0 Å². The van der Waals surface area contributed by atoms with Crippen molar-refractivity contribution in [2.24, 2.45) is 0 Å². The number of urea groups is 1. The first-order valence-corrected chi connectivity index (χ1v) is 13.2. The molecule has 38 heavy (non-hydrogen) atoms. The molecule has 0 radical (unpaired) electrons. The number of carbonyl (C=O) groups excluding carboxylic acids is 2. The van der Waals surface area contributed by atoms with Gasteiger partial charge in [-0.3, -0.25) is 9.69 Å². The molecule has 6 rings (SSSR count). The van der Waals surface area contributed by atoms with Gasteiger partial charge in [0, 0.05) is 48.3 Å². The molecular weight excluding hydrogens is 482 g/mol. The maximum Gasteiger partial charge on any atom is 0.325 e. The van der Waals surface area contributed by atoms with E-state index in [2.05, 4.69) is 13.0 Å². The van der Waals surface area contributed by atoms with Crippen molar-refractivity contribution >= 4 is 22.9 Å². The molecule has 3 aliphatic rings. The van der Waals surface area contributed by atoms with Gasteiger partial charge in [-0.05, 0) is 43.5 Å². The van der Waals surface area contributed by atoms with Gasteiger partial charge in [-0.15, -0.1) is 0 Å². The molecule has 0 bridgehead atoms. The lowest BCUT2D eigenvalue weighted by molar-refractivity contribution is 0.0549. The number of likely N-dealkylation sites (tertiary alicyclic amines) is 1. The first-order chi connectivity index (χ1) is 18.4. The van der Waals surface area contributed by atoms with Gasteiger partial charge in [-0.2, -0.15) is 0 Å². The van der Waals surface area contributed by atoms with Crippen LogP contribution in [0.2, 0.25) is 0 Å². The fraction of sp³-hybridized carbons (Fsp3) is 0.400. The molecule has 3 aliphatic heterocycles. The number of methoxy groups -OCH3 is 2. The second kappa shape index (κ2) is 9.11. The maximum atomic E-state index is 13.8. The summed E-state index contributed by atoms with van der Waals surface area (Å²) < 4.78 is 17.1. The Morgan fingerprint density at radius 3 is 2.55 bits per heavy atom. The monoisotopic (exact) mass is 515 g/mol. The average molecular weight is 516 g/mol. The predicted octanol–water partition coefficient (Wildman–Crippen LogP) is 5.38. The van der Waals surface area contributed by atoms with Gasteiger partial charge in [0.1, 0.15) is 17.1 Å². The number of hydrogen-bond donors (Lipinski definition) is 0. The van der Waals surface area contributed by atoms with Crippen LogP contribution in [0, 0.1) is 0 Å². The van der Waals surface area contributed by atoms with E-state index in [1.165, 1.54) is 0 Å². The summed E-state index contributed by atoms with van der Waals surface area (Å²) in [7, 11) is 3.31. The van der Waals surface area contributed by atoms with Crippen LogP contribution in [0.25, 0.3) is 11.0 Å².